The largest absolute Gasteiger partial charge is 0.471 e. The number of amides is 1. The third-order valence-electron chi connectivity index (χ3n) is 3.83. The fourth-order valence-corrected chi connectivity index (χ4v) is 2.48. The Morgan fingerprint density at radius 2 is 1.96 bits per heavy atom. The summed E-state index contributed by atoms with van der Waals surface area (Å²) in [4.78, 5) is 36.9. The van der Waals surface area contributed by atoms with Crippen molar-refractivity contribution < 1.29 is 38.0 Å². The first-order chi connectivity index (χ1) is 12.0. The number of halogens is 3. The smallest absolute Gasteiger partial charge is 0.394 e. The van der Waals surface area contributed by atoms with Crippen molar-refractivity contribution in [1.82, 2.24) is 14.5 Å². The van der Waals surface area contributed by atoms with Crippen LogP contribution in [0.4, 0.5) is 13.2 Å². The van der Waals surface area contributed by atoms with Gasteiger partial charge in [0.15, 0.2) is 6.23 Å². The number of carbonyl (C=O) groups is 1. The van der Waals surface area contributed by atoms with Gasteiger partial charge in [-0.2, -0.15) is 13.2 Å². The van der Waals surface area contributed by atoms with Gasteiger partial charge in [-0.15, -0.1) is 0 Å². The van der Waals surface area contributed by atoms with Crippen molar-refractivity contribution in [2.45, 2.75) is 37.3 Å². The first kappa shape index (κ1) is 20.1. The monoisotopic (exact) mass is 383 g/mol. The lowest BCUT2D eigenvalue weighted by Crippen LogP contribution is -2.42. The van der Waals surface area contributed by atoms with Gasteiger partial charge in [0.05, 0.1) is 18.7 Å². The van der Waals surface area contributed by atoms with E-state index in [1.807, 2.05) is 4.98 Å². The first-order valence-corrected chi connectivity index (χ1v) is 7.26. The van der Waals surface area contributed by atoms with Gasteiger partial charge in [0.2, 0.25) is 0 Å². The molecule has 146 valence electrons. The van der Waals surface area contributed by atoms with Crippen LogP contribution in [-0.2, 0) is 16.1 Å². The van der Waals surface area contributed by atoms with Crippen LogP contribution in [0.3, 0.4) is 0 Å². The Kier molecular flexibility index (Phi) is 5.55. The van der Waals surface area contributed by atoms with Crippen molar-refractivity contribution in [2.75, 3.05) is 13.7 Å². The van der Waals surface area contributed by atoms with Gasteiger partial charge in [-0.3, -0.25) is 19.1 Å². The molecule has 1 aliphatic rings. The summed E-state index contributed by atoms with van der Waals surface area (Å²) >= 11 is 0. The molecule has 1 amide bonds. The van der Waals surface area contributed by atoms with Crippen molar-refractivity contribution >= 4 is 5.91 Å². The van der Waals surface area contributed by atoms with Crippen molar-refractivity contribution in [3.05, 3.63) is 32.6 Å². The fraction of sp³-hybridized carbons (Fsp3) is 0.615. The highest BCUT2D eigenvalue weighted by atomic mass is 19.4. The highest BCUT2D eigenvalue weighted by Crippen LogP contribution is 2.28. The molecule has 0 bridgehead atoms. The average molecular weight is 383 g/mol. The van der Waals surface area contributed by atoms with Gasteiger partial charge in [0.1, 0.15) is 18.3 Å². The van der Waals surface area contributed by atoms with Crippen LogP contribution in [0, 0.1) is 0 Å². The lowest BCUT2D eigenvalue weighted by molar-refractivity contribution is -0.184. The number of hydrogen-bond acceptors (Lipinski definition) is 7. The van der Waals surface area contributed by atoms with Gasteiger partial charge < -0.3 is 25.0 Å². The number of aliphatic hydroxyl groups excluding tert-OH is 3. The number of aliphatic hydroxyl groups is 3. The lowest BCUT2D eigenvalue weighted by Gasteiger charge is -2.21. The number of aromatic amines is 1. The SMILES string of the molecule is CN(Cc1cn([C@@H]2O[C@H](CO)[C@H](O)[C@@H]2O)c(=O)[nH]c1=O)C(=O)C(F)(F)F. The molecule has 4 N–H and O–H groups in total. The van der Waals surface area contributed by atoms with Gasteiger partial charge in [0, 0.05) is 13.2 Å². The quantitative estimate of drug-likeness (QED) is 0.456. The van der Waals surface area contributed by atoms with Gasteiger partial charge >= 0.3 is 17.8 Å². The van der Waals surface area contributed by atoms with E-state index in [0.29, 0.717) is 4.57 Å². The third-order valence-corrected chi connectivity index (χ3v) is 3.83. The molecule has 10 nitrogen and oxygen atoms in total. The van der Waals surface area contributed by atoms with Gasteiger partial charge in [-0.25, -0.2) is 4.79 Å². The summed E-state index contributed by atoms with van der Waals surface area (Å²) in [7, 11) is 0.817. The topological polar surface area (TPSA) is 145 Å². The first-order valence-electron chi connectivity index (χ1n) is 7.26. The maximum Gasteiger partial charge on any atom is 0.471 e. The standard InChI is InChI=1S/C13H16F3N3O7/c1-18(11(24)13(14,15)16)2-5-3-19(12(25)17-9(5)23)10-8(22)7(21)6(4-20)26-10/h3,6-8,10,20-22H,2,4H2,1H3,(H,17,23,25)/t6-,7+,8+,10-/m1/s1. The predicted octanol–water partition coefficient (Wildman–Crippen LogP) is -2.33. The molecule has 26 heavy (non-hydrogen) atoms. The van der Waals surface area contributed by atoms with E-state index in [-0.39, 0.29) is 10.5 Å². The molecule has 1 fully saturated rings. The molecule has 1 aliphatic heterocycles. The molecule has 1 saturated heterocycles. The number of H-pyrrole nitrogens is 1. The van der Waals surface area contributed by atoms with E-state index in [0.717, 1.165) is 13.2 Å². The molecule has 1 aromatic rings. The number of hydrogen-bond donors (Lipinski definition) is 4. The van der Waals surface area contributed by atoms with Crippen LogP contribution in [0.15, 0.2) is 15.8 Å². The summed E-state index contributed by atoms with van der Waals surface area (Å²) in [5, 5.41) is 28.7. The Bertz CT molecular complexity index is 790. The van der Waals surface area contributed by atoms with Crippen molar-refractivity contribution in [1.29, 1.82) is 0 Å². The fourth-order valence-electron chi connectivity index (χ4n) is 2.48. The second-order valence-electron chi connectivity index (χ2n) is 5.71. The summed E-state index contributed by atoms with van der Waals surface area (Å²) < 4.78 is 43.1. The Morgan fingerprint density at radius 3 is 2.46 bits per heavy atom. The van der Waals surface area contributed by atoms with Gasteiger partial charge in [-0.1, -0.05) is 0 Å². The molecular weight excluding hydrogens is 367 g/mol. The molecular formula is C13H16F3N3O7. The number of rotatable bonds is 4. The Balaban J connectivity index is 2.34. The number of aromatic nitrogens is 2. The molecule has 2 heterocycles. The minimum atomic E-state index is -5.14. The van der Waals surface area contributed by atoms with Crippen LogP contribution in [-0.4, -0.2) is 73.8 Å². The Labute approximate surface area is 143 Å². The zero-order valence-electron chi connectivity index (χ0n) is 13.3. The maximum atomic E-state index is 12.4. The molecule has 0 aromatic carbocycles. The molecule has 1 aromatic heterocycles. The zero-order valence-corrected chi connectivity index (χ0v) is 13.3. The van der Waals surface area contributed by atoms with E-state index in [9.17, 15) is 37.8 Å². The normalized spacial score (nSPS) is 26.1. The molecule has 0 unspecified atom stereocenters. The van der Waals surface area contributed by atoms with Crippen LogP contribution in [0.25, 0.3) is 0 Å². The second kappa shape index (κ2) is 7.19. The molecule has 0 aliphatic carbocycles. The van der Waals surface area contributed by atoms with E-state index in [1.165, 1.54) is 0 Å². The Morgan fingerprint density at radius 1 is 1.35 bits per heavy atom. The minimum absolute atomic E-state index is 0.233. The van der Waals surface area contributed by atoms with E-state index in [1.54, 1.807) is 0 Å². The minimum Gasteiger partial charge on any atom is -0.394 e. The van der Waals surface area contributed by atoms with Crippen molar-refractivity contribution in [3.8, 4) is 0 Å². The molecule has 4 atom stereocenters. The molecule has 0 saturated carbocycles. The third kappa shape index (κ3) is 3.80. The number of nitrogens with zero attached hydrogens (tertiary/aromatic N) is 2. The summed E-state index contributed by atoms with van der Waals surface area (Å²) in [5.74, 6) is -2.19. The van der Waals surface area contributed by atoms with E-state index in [2.05, 4.69) is 0 Å². The zero-order chi connectivity index (χ0) is 19.8. The van der Waals surface area contributed by atoms with Gasteiger partial charge in [0.25, 0.3) is 5.56 Å². The van der Waals surface area contributed by atoms with Crippen LogP contribution in [0.2, 0.25) is 0 Å². The Hall–Kier alpha value is -2.22. The number of ether oxygens (including phenoxy) is 1. The summed E-state index contributed by atoms with van der Waals surface area (Å²) in [6.07, 6.45) is -10.2. The summed E-state index contributed by atoms with van der Waals surface area (Å²) in [6.45, 7) is -1.44. The number of alkyl halides is 3. The van der Waals surface area contributed by atoms with E-state index >= 15 is 0 Å². The van der Waals surface area contributed by atoms with Crippen LogP contribution in [0.5, 0.6) is 0 Å². The lowest BCUT2D eigenvalue weighted by atomic mass is 10.1. The van der Waals surface area contributed by atoms with Crippen molar-refractivity contribution in [2.24, 2.45) is 0 Å². The second-order valence-corrected chi connectivity index (χ2v) is 5.71. The average Bonchev–Trinajstić information content (AvgIpc) is 2.83. The predicted molar refractivity (Wildman–Crippen MR) is 76.9 cm³/mol. The van der Waals surface area contributed by atoms with Crippen molar-refractivity contribution in [3.63, 3.8) is 0 Å². The van der Waals surface area contributed by atoms with E-state index < -0.39 is 61.0 Å². The molecule has 0 radical (unpaired) electrons. The molecule has 0 spiro atoms. The number of carbonyl (C=O) groups excluding carboxylic acids is 1. The summed E-state index contributed by atoms with van der Waals surface area (Å²) in [6, 6.07) is 0. The van der Waals surface area contributed by atoms with Crippen LogP contribution in [0.1, 0.15) is 11.8 Å². The van der Waals surface area contributed by atoms with Crippen LogP contribution < -0.4 is 11.2 Å². The van der Waals surface area contributed by atoms with Gasteiger partial charge in [-0.05, 0) is 0 Å². The molecule has 13 heteroatoms. The molecule has 2 rings (SSSR count). The maximum absolute atomic E-state index is 12.4. The van der Waals surface area contributed by atoms with Crippen LogP contribution >= 0.6 is 0 Å². The number of nitrogens with one attached hydrogen (secondary N) is 1. The summed E-state index contributed by atoms with van der Waals surface area (Å²) in [5.41, 5.74) is -2.47. The highest BCUT2D eigenvalue weighted by molar-refractivity contribution is 5.81. The van der Waals surface area contributed by atoms with E-state index in [4.69, 9.17) is 9.84 Å². The highest BCUT2D eigenvalue weighted by Gasteiger charge is 2.44.